The molecule has 0 unspecified atom stereocenters. The van der Waals surface area contributed by atoms with Crippen molar-refractivity contribution in [3.8, 4) is 29.1 Å². The quantitative estimate of drug-likeness (QED) is 0.205. The summed E-state index contributed by atoms with van der Waals surface area (Å²) in [5, 5.41) is 12.7. The van der Waals surface area contributed by atoms with Crippen LogP contribution in [0.2, 0.25) is 5.02 Å². The van der Waals surface area contributed by atoms with E-state index in [4.69, 9.17) is 30.5 Å². The first-order chi connectivity index (χ1) is 17.8. The van der Waals surface area contributed by atoms with Crippen molar-refractivity contribution < 1.29 is 23.7 Å². The van der Waals surface area contributed by atoms with E-state index in [1.807, 2.05) is 38.1 Å². The van der Waals surface area contributed by atoms with Gasteiger partial charge in [0, 0.05) is 12.1 Å². The summed E-state index contributed by atoms with van der Waals surface area (Å²) in [6.07, 6.45) is 1.46. The zero-order valence-corrected chi connectivity index (χ0v) is 23.2. The van der Waals surface area contributed by atoms with Crippen LogP contribution in [0.1, 0.15) is 23.6 Å². The Morgan fingerprint density at radius 1 is 1.08 bits per heavy atom. The van der Waals surface area contributed by atoms with E-state index in [-0.39, 0.29) is 5.57 Å². The Hall–Kier alpha value is -3.67. The van der Waals surface area contributed by atoms with Crippen LogP contribution in [0.25, 0.3) is 6.08 Å². The van der Waals surface area contributed by atoms with Crippen molar-refractivity contribution in [3.05, 3.63) is 80.3 Å². The van der Waals surface area contributed by atoms with Crippen molar-refractivity contribution in [1.29, 1.82) is 5.26 Å². The second-order valence-electron chi connectivity index (χ2n) is 7.85. The van der Waals surface area contributed by atoms with Crippen molar-refractivity contribution in [2.45, 2.75) is 20.5 Å². The molecule has 0 fully saturated rings. The molecule has 0 saturated heterocycles. The van der Waals surface area contributed by atoms with Gasteiger partial charge < -0.3 is 24.3 Å². The number of methoxy groups -OCH3 is 2. The normalized spacial score (nSPS) is 10.9. The first-order valence-electron chi connectivity index (χ1n) is 11.3. The summed E-state index contributed by atoms with van der Waals surface area (Å²) in [6, 6.07) is 16.5. The van der Waals surface area contributed by atoms with Crippen molar-refractivity contribution in [2.24, 2.45) is 0 Å². The molecule has 0 saturated carbocycles. The largest absolute Gasteiger partial charge is 0.495 e. The molecule has 37 heavy (non-hydrogen) atoms. The third-order valence-electron chi connectivity index (χ3n) is 5.20. The number of amides is 1. The molecule has 9 heteroatoms. The fourth-order valence-corrected chi connectivity index (χ4v) is 4.30. The van der Waals surface area contributed by atoms with E-state index in [2.05, 4.69) is 27.3 Å². The molecule has 3 aromatic rings. The lowest BCUT2D eigenvalue weighted by atomic mass is 10.1. The van der Waals surface area contributed by atoms with Crippen LogP contribution >= 0.6 is 27.5 Å². The molecule has 0 aliphatic carbocycles. The monoisotopic (exact) mass is 584 g/mol. The number of nitriles is 1. The molecule has 3 rings (SSSR count). The number of anilines is 1. The van der Waals surface area contributed by atoms with Gasteiger partial charge in [0.25, 0.3) is 5.91 Å². The lowest BCUT2D eigenvalue weighted by Crippen LogP contribution is -2.14. The molecule has 0 aromatic heterocycles. The molecule has 0 aliphatic heterocycles. The standard InChI is InChI=1S/C28H26BrClN2O5/c1-5-36-26-12-19(11-21(29)27(26)37-16-18-8-6-7-17(2)9-18)10-20(15-31)28(33)32-23-14-24(34-3)22(30)13-25(23)35-4/h6-14H,5,16H2,1-4H3,(H,32,33)/b20-10+. The lowest BCUT2D eigenvalue weighted by Gasteiger charge is -2.15. The fourth-order valence-electron chi connectivity index (χ4n) is 3.49. The first-order valence-corrected chi connectivity index (χ1v) is 12.5. The Morgan fingerprint density at radius 3 is 2.49 bits per heavy atom. The summed E-state index contributed by atoms with van der Waals surface area (Å²) in [5.41, 5.74) is 2.92. The van der Waals surface area contributed by atoms with Crippen LogP contribution in [0.3, 0.4) is 0 Å². The minimum atomic E-state index is -0.626. The van der Waals surface area contributed by atoms with Crippen LogP contribution < -0.4 is 24.3 Å². The van der Waals surface area contributed by atoms with Crippen LogP contribution in [-0.4, -0.2) is 26.7 Å². The molecule has 0 atom stereocenters. The molecular formula is C28H26BrClN2O5. The van der Waals surface area contributed by atoms with E-state index in [0.29, 0.717) is 57.0 Å². The zero-order chi connectivity index (χ0) is 26.9. The Bertz CT molecular complexity index is 1370. The fraction of sp³-hybridized carbons (Fsp3) is 0.214. The van der Waals surface area contributed by atoms with Crippen molar-refractivity contribution in [3.63, 3.8) is 0 Å². The SMILES string of the molecule is CCOc1cc(/C=C(\C#N)C(=O)Nc2cc(OC)c(Cl)cc2OC)cc(Br)c1OCc1cccc(C)c1. The van der Waals surface area contributed by atoms with Crippen molar-refractivity contribution in [1.82, 2.24) is 0 Å². The van der Waals surface area contributed by atoms with E-state index >= 15 is 0 Å². The van der Waals surface area contributed by atoms with Gasteiger partial charge in [-0.3, -0.25) is 4.79 Å². The van der Waals surface area contributed by atoms with E-state index in [1.165, 1.54) is 32.4 Å². The molecular weight excluding hydrogens is 560 g/mol. The zero-order valence-electron chi connectivity index (χ0n) is 20.9. The molecule has 7 nitrogen and oxygen atoms in total. The van der Waals surface area contributed by atoms with Gasteiger partial charge in [-0.15, -0.1) is 0 Å². The van der Waals surface area contributed by atoms with Gasteiger partial charge >= 0.3 is 0 Å². The minimum absolute atomic E-state index is 0.126. The summed E-state index contributed by atoms with van der Waals surface area (Å²) in [7, 11) is 2.91. The molecule has 1 N–H and O–H groups in total. The number of carbonyl (C=O) groups is 1. The second-order valence-corrected chi connectivity index (χ2v) is 9.11. The maximum Gasteiger partial charge on any atom is 0.266 e. The third-order valence-corrected chi connectivity index (χ3v) is 6.08. The highest BCUT2D eigenvalue weighted by atomic mass is 79.9. The molecule has 0 radical (unpaired) electrons. The second kappa shape index (κ2) is 13.0. The van der Waals surface area contributed by atoms with Crippen molar-refractivity contribution in [2.75, 3.05) is 26.1 Å². The van der Waals surface area contributed by atoms with E-state index in [0.717, 1.165) is 11.1 Å². The van der Waals surface area contributed by atoms with Gasteiger partial charge in [0.2, 0.25) is 0 Å². The van der Waals surface area contributed by atoms with Gasteiger partial charge in [0.1, 0.15) is 29.7 Å². The molecule has 3 aromatic carbocycles. The summed E-state index contributed by atoms with van der Waals surface area (Å²) >= 11 is 9.68. The van der Waals surface area contributed by atoms with Crippen LogP contribution in [0.4, 0.5) is 5.69 Å². The van der Waals surface area contributed by atoms with E-state index in [9.17, 15) is 10.1 Å². The molecule has 0 heterocycles. The van der Waals surface area contributed by atoms with Crippen LogP contribution in [0.5, 0.6) is 23.0 Å². The highest BCUT2D eigenvalue weighted by Crippen LogP contribution is 2.39. The van der Waals surface area contributed by atoms with E-state index < -0.39 is 5.91 Å². The number of halogens is 2. The highest BCUT2D eigenvalue weighted by molar-refractivity contribution is 9.10. The molecule has 0 bridgehead atoms. The Balaban J connectivity index is 1.88. The number of rotatable bonds is 10. The number of ether oxygens (including phenoxy) is 4. The minimum Gasteiger partial charge on any atom is -0.495 e. The smallest absolute Gasteiger partial charge is 0.266 e. The average molecular weight is 586 g/mol. The molecule has 0 spiro atoms. The number of carbonyl (C=O) groups excluding carboxylic acids is 1. The van der Waals surface area contributed by atoms with Crippen LogP contribution in [-0.2, 0) is 11.4 Å². The lowest BCUT2D eigenvalue weighted by molar-refractivity contribution is -0.112. The van der Waals surface area contributed by atoms with Gasteiger partial charge in [0.15, 0.2) is 11.5 Å². The van der Waals surface area contributed by atoms with Gasteiger partial charge in [0.05, 0.1) is 36.0 Å². The summed E-state index contributed by atoms with van der Waals surface area (Å²) in [4.78, 5) is 13.0. The van der Waals surface area contributed by atoms with Crippen LogP contribution in [0.15, 0.2) is 58.6 Å². The number of aryl methyl sites for hydroxylation is 1. The number of hydrogen-bond acceptors (Lipinski definition) is 6. The maximum absolute atomic E-state index is 13.0. The number of nitrogens with zero attached hydrogens (tertiary/aromatic N) is 1. The summed E-state index contributed by atoms with van der Waals surface area (Å²) < 4.78 is 23.0. The summed E-state index contributed by atoms with van der Waals surface area (Å²) in [5.74, 6) is 1.07. The Labute approximate surface area is 229 Å². The average Bonchev–Trinajstić information content (AvgIpc) is 2.87. The Kier molecular flexibility index (Phi) is 9.84. The highest BCUT2D eigenvalue weighted by Gasteiger charge is 2.17. The number of hydrogen-bond donors (Lipinski definition) is 1. The van der Waals surface area contributed by atoms with Gasteiger partial charge in [-0.25, -0.2) is 0 Å². The van der Waals surface area contributed by atoms with E-state index in [1.54, 1.807) is 12.1 Å². The predicted octanol–water partition coefficient (Wildman–Crippen LogP) is 6.95. The molecule has 192 valence electrons. The third kappa shape index (κ3) is 7.19. The first kappa shape index (κ1) is 27.9. The summed E-state index contributed by atoms with van der Waals surface area (Å²) in [6.45, 7) is 4.65. The van der Waals surface area contributed by atoms with Gasteiger partial charge in [-0.05, 0) is 59.1 Å². The molecule has 0 aliphatic rings. The van der Waals surface area contributed by atoms with Gasteiger partial charge in [-0.2, -0.15) is 5.26 Å². The predicted molar refractivity (Wildman–Crippen MR) is 148 cm³/mol. The number of nitrogens with one attached hydrogen (secondary N) is 1. The van der Waals surface area contributed by atoms with Crippen molar-refractivity contribution >= 4 is 45.2 Å². The maximum atomic E-state index is 13.0. The van der Waals surface area contributed by atoms with Gasteiger partial charge in [-0.1, -0.05) is 41.4 Å². The molecule has 1 amide bonds. The Morgan fingerprint density at radius 2 is 1.84 bits per heavy atom. The van der Waals surface area contributed by atoms with Crippen LogP contribution in [0, 0.1) is 18.3 Å². The number of benzene rings is 3. The topological polar surface area (TPSA) is 89.8 Å².